The number of hydrogen-bond donors (Lipinski definition) is 2. The normalized spacial score (nSPS) is 13.3. The number of nitrogens with zero attached hydrogens (tertiary/aromatic N) is 2. The van der Waals surface area contributed by atoms with Crippen molar-refractivity contribution >= 4 is 11.8 Å². The Bertz CT molecular complexity index is 304. The molecule has 0 bridgehead atoms. The van der Waals surface area contributed by atoms with Crippen molar-refractivity contribution in [2.24, 2.45) is 11.7 Å². The summed E-state index contributed by atoms with van der Waals surface area (Å²) in [4.78, 5) is 4.12. The van der Waals surface area contributed by atoms with Crippen LogP contribution in [0.25, 0.3) is 0 Å². The maximum absolute atomic E-state index is 9.56. The summed E-state index contributed by atoms with van der Waals surface area (Å²) in [6.07, 6.45) is -0.290. The third-order valence-corrected chi connectivity index (χ3v) is 3.26. The van der Waals surface area contributed by atoms with Crippen LogP contribution in [0.3, 0.4) is 0 Å². The fraction of sp³-hybridized carbons (Fsp3) is 0.800. The highest BCUT2D eigenvalue weighted by molar-refractivity contribution is 7.98. The Morgan fingerprint density at radius 3 is 2.88 bits per heavy atom. The predicted octanol–water partition coefficient (Wildman–Crippen LogP) is 1.34. The Labute approximate surface area is 99.8 Å². The minimum Gasteiger partial charge on any atom is -0.383 e. The number of aliphatic hydroxyl groups excluding tert-OH is 1. The second-order valence-electron chi connectivity index (χ2n) is 4.05. The maximum atomic E-state index is 9.56. The Hall–Kier alpha value is -0.590. The zero-order valence-electron chi connectivity index (χ0n) is 9.72. The van der Waals surface area contributed by atoms with Gasteiger partial charge in [-0.2, -0.15) is 16.7 Å². The quantitative estimate of drug-likeness (QED) is 0.754. The van der Waals surface area contributed by atoms with Gasteiger partial charge < -0.3 is 15.4 Å². The predicted molar refractivity (Wildman–Crippen MR) is 63.9 cm³/mol. The maximum Gasteiger partial charge on any atom is 0.255 e. The van der Waals surface area contributed by atoms with E-state index in [-0.39, 0.29) is 5.89 Å². The summed E-state index contributed by atoms with van der Waals surface area (Å²) in [5.74, 6) is 3.34. The average molecular weight is 245 g/mol. The Balaban J connectivity index is 2.39. The molecule has 92 valence electrons. The lowest BCUT2D eigenvalue weighted by Gasteiger charge is -2.01. The van der Waals surface area contributed by atoms with Crippen molar-refractivity contribution in [2.45, 2.75) is 32.1 Å². The molecule has 16 heavy (non-hydrogen) atoms. The van der Waals surface area contributed by atoms with Crippen LogP contribution >= 0.6 is 11.8 Å². The number of aliphatic hydroxyl groups is 1. The van der Waals surface area contributed by atoms with Gasteiger partial charge in [0.1, 0.15) is 6.10 Å². The van der Waals surface area contributed by atoms with Gasteiger partial charge in [-0.15, -0.1) is 0 Å². The molecule has 0 aromatic carbocycles. The summed E-state index contributed by atoms with van der Waals surface area (Å²) in [5.41, 5.74) is 5.33. The lowest BCUT2D eigenvalue weighted by atomic mass is 10.2. The topological polar surface area (TPSA) is 85.2 Å². The van der Waals surface area contributed by atoms with Crippen molar-refractivity contribution in [3.05, 3.63) is 11.7 Å². The van der Waals surface area contributed by atoms with E-state index in [4.69, 9.17) is 10.3 Å². The van der Waals surface area contributed by atoms with E-state index in [0.717, 1.165) is 11.5 Å². The third kappa shape index (κ3) is 4.51. The van der Waals surface area contributed by atoms with E-state index in [1.807, 2.05) is 0 Å². The molecule has 0 radical (unpaired) electrons. The lowest BCUT2D eigenvalue weighted by Crippen LogP contribution is -2.07. The Morgan fingerprint density at radius 2 is 2.25 bits per heavy atom. The Kier molecular flexibility index (Phi) is 5.79. The first kappa shape index (κ1) is 13.5. The molecule has 1 heterocycles. The molecular weight excluding hydrogens is 226 g/mol. The molecule has 0 unspecified atom stereocenters. The number of hydrogen-bond acceptors (Lipinski definition) is 6. The van der Waals surface area contributed by atoms with Crippen LogP contribution in [0.5, 0.6) is 0 Å². The summed E-state index contributed by atoms with van der Waals surface area (Å²) in [6.45, 7) is 4.74. The molecular formula is C10H19N3O2S. The fourth-order valence-corrected chi connectivity index (χ4v) is 2.02. The second-order valence-corrected chi connectivity index (χ2v) is 5.08. The first-order valence-electron chi connectivity index (χ1n) is 5.41. The lowest BCUT2D eigenvalue weighted by molar-refractivity contribution is 0.127. The van der Waals surface area contributed by atoms with Gasteiger partial charge in [0, 0.05) is 0 Å². The van der Waals surface area contributed by atoms with E-state index >= 15 is 0 Å². The van der Waals surface area contributed by atoms with Gasteiger partial charge in [0.05, 0.1) is 5.75 Å². The molecule has 0 saturated carbocycles. The van der Waals surface area contributed by atoms with Crippen molar-refractivity contribution < 1.29 is 9.63 Å². The standard InChI is InChI=1S/C10H19N3O2S/c1-7(2)5-16-6-9-12-10(15-13-9)8(14)3-4-11/h7-8,14H,3-6,11H2,1-2H3/t8-/m0/s1. The molecule has 3 N–H and O–H groups in total. The molecule has 1 atom stereocenters. The average Bonchev–Trinajstić information content (AvgIpc) is 2.66. The number of thioether (sulfide) groups is 1. The van der Waals surface area contributed by atoms with E-state index < -0.39 is 6.10 Å². The molecule has 5 nitrogen and oxygen atoms in total. The van der Waals surface area contributed by atoms with E-state index in [1.54, 1.807) is 11.8 Å². The molecule has 0 spiro atoms. The van der Waals surface area contributed by atoms with Crippen molar-refractivity contribution in [2.75, 3.05) is 12.3 Å². The largest absolute Gasteiger partial charge is 0.383 e. The summed E-state index contributed by atoms with van der Waals surface area (Å²) in [6, 6.07) is 0. The minimum absolute atomic E-state index is 0.269. The smallest absolute Gasteiger partial charge is 0.255 e. The van der Waals surface area contributed by atoms with Crippen LogP contribution in [0.2, 0.25) is 0 Å². The molecule has 1 aromatic rings. The number of aromatic nitrogens is 2. The molecule has 1 aromatic heterocycles. The van der Waals surface area contributed by atoms with Crippen molar-refractivity contribution in [1.82, 2.24) is 10.1 Å². The summed E-state index contributed by atoms with van der Waals surface area (Å²) >= 11 is 1.76. The summed E-state index contributed by atoms with van der Waals surface area (Å²) in [5, 5.41) is 13.4. The first-order chi connectivity index (χ1) is 7.63. The zero-order valence-corrected chi connectivity index (χ0v) is 10.5. The number of nitrogens with two attached hydrogens (primary N) is 1. The van der Waals surface area contributed by atoms with Gasteiger partial charge in [-0.25, -0.2) is 0 Å². The molecule has 6 heteroatoms. The van der Waals surface area contributed by atoms with Gasteiger partial charge in [-0.1, -0.05) is 19.0 Å². The van der Waals surface area contributed by atoms with Crippen LogP contribution in [0.1, 0.15) is 38.1 Å². The highest BCUT2D eigenvalue weighted by Gasteiger charge is 2.15. The van der Waals surface area contributed by atoms with Crippen LogP contribution in [-0.4, -0.2) is 27.5 Å². The molecule has 0 aliphatic heterocycles. The van der Waals surface area contributed by atoms with E-state index in [9.17, 15) is 5.11 Å². The van der Waals surface area contributed by atoms with Crippen molar-refractivity contribution in [1.29, 1.82) is 0 Å². The highest BCUT2D eigenvalue weighted by atomic mass is 32.2. The van der Waals surface area contributed by atoms with Crippen LogP contribution in [0.15, 0.2) is 4.52 Å². The number of rotatable bonds is 7. The first-order valence-corrected chi connectivity index (χ1v) is 6.57. The van der Waals surface area contributed by atoms with Crippen molar-refractivity contribution in [3.8, 4) is 0 Å². The monoisotopic (exact) mass is 245 g/mol. The van der Waals surface area contributed by atoms with Crippen LogP contribution in [0.4, 0.5) is 0 Å². The third-order valence-electron chi connectivity index (χ3n) is 1.89. The molecule has 0 amide bonds. The summed E-state index contributed by atoms with van der Waals surface area (Å²) in [7, 11) is 0. The highest BCUT2D eigenvalue weighted by Crippen LogP contribution is 2.17. The van der Waals surface area contributed by atoms with Gasteiger partial charge >= 0.3 is 0 Å². The van der Waals surface area contributed by atoms with Crippen LogP contribution < -0.4 is 5.73 Å². The van der Waals surface area contributed by atoms with Gasteiger partial charge in [0.2, 0.25) is 0 Å². The SMILES string of the molecule is CC(C)CSCc1noc([C@@H](O)CCN)n1. The zero-order chi connectivity index (χ0) is 12.0. The van der Waals surface area contributed by atoms with Gasteiger partial charge in [0.25, 0.3) is 5.89 Å². The van der Waals surface area contributed by atoms with Crippen LogP contribution in [0, 0.1) is 5.92 Å². The van der Waals surface area contributed by atoms with Gasteiger partial charge in [-0.3, -0.25) is 0 Å². The summed E-state index contributed by atoms with van der Waals surface area (Å²) < 4.78 is 4.96. The molecule has 0 saturated heterocycles. The molecule has 0 aliphatic rings. The molecule has 0 fully saturated rings. The van der Waals surface area contributed by atoms with Crippen LogP contribution in [-0.2, 0) is 5.75 Å². The van der Waals surface area contributed by atoms with E-state index in [2.05, 4.69) is 24.0 Å². The van der Waals surface area contributed by atoms with Gasteiger partial charge in [-0.05, 0) is 24.6 Å². The van der Waals surface area contributed by atoms with Gasteiger partial charge in [0.15, 0.2) is 5.82 Å². The van der Waals surface area contributed by atoms with E-state index in [1.165, 1.54) is 0 Å². The fourth-order valence-electron chi connectivity index (χ4n) is 1.13. The molecule has 0 aliphatic carbocycles. The van der Waals surface area contributed by atoms with Crippen molar-refractivity contribution in [3.63, 3.8) is 0 Å². The molecule has 1 rings (SSSR count). The van der Waals surface area contributed by atoms with E-state index in [0.29, 0.717) is 24.7 Å². The minimum atomic E-state index is -0.735. The Morgan fingerprint density at radius 1 is 1.50 bits per heavy atom. The second kappa shape index (κ2) is 6.88.